The third-order valence-electron chi connectivity index (χ3n) is 6.13. The first-order valence-corrected chi connectivity index (χ1v) is 12.6. The smallest absolute Gasteiger partial charge is 0.242 e. The number of nitrogens with one attached hydrogen (secondary N) is 1. The van der Waals surface area contributed by atoms with Crippen LogP contribution < -0.4 is 5.32 Å². The van der Waals surface area contributed by atoms with Crippen LogP contribution in [0.15, 0.2) is 48.5 Å². The monoisotopic (exact) mass is 456 g/mol. The molecular weight excluding hydrogens is 423 g/mol. The fourth-order valence-corrected chi connectivity index (χ4v) is 4.91. The van der Waals surface area contributed by atoms with Crippen LogP contribution in [-0.2, 0) is 21.9 Å². The van der Waals surface area contributed by atoms with Gasteiger partial charge in [-0.05, 0) is 55.5 Å². The van der Waals surface area contributed by atoms with Gasteiger partial charge in [0.25, 0.3) is 0 Å². The molecule has 0 heterocycles. The molecule has 0 saturated heterocycles. The summed E-state index contributed by atoms with van der Waals surface area (Å²) >= 11 is 1.48. The van der Waals surface area contributed by atoms with Gasteiger partial charge < -0.3 is 10.2 Å². The Morgan fingerprint density at radius 2 is 1.78 bits per heavy atom. The first kappa shape index (κ1) is 24.3. The van der Waals surface area contributed by atoms with E-state index in [1.165, 1.54) is 30.3 Å². The Balaban J connectivity index is 1.65. The maximum absolute atomic E-state index is 13.2. The maximum atomic E-state index is 13.2. The van der Waals surface area contributed by atoms with Crippen LogP contribution in [0.3, 0.4) is 0 Å². The third kappa shape index (κ3) is 7.09. The van der Waals surface area contributed by atoms with Crippen LogP contribution in [0, 0.1) is 12.7 Å². The topological polar surface area (TPSA) is 49.4 Å². The van der Waals surface area contributed by atoms with Gasteiger partial charge >= 0.3 is 0 Å². The molecule has 1 aliphatic rings. The van der Waals surface area contributed by atoms with Gasteiger partial charge in [0.15, 0.2) is 0 Å². The number of benzene rings is 2. The minimum Gasteiger partial charge on any atom is -0.352 e. The summed E-state index contributed by atoms with van der Waals surface area (Å²) in [6, 6.07) is 14.0. The largest absolute Gasteiger partial charge is 0.352 e. The molecule has 4 nitrogen and oxygen atoms in total. The standard InChI is InChI=1S/C26H33FN2O2S/c1-19-8-6-7-9-22(19)16-29(20(2)26(31)28-24-10-4-3-5-11-24)25(30)18-32-17-21-12-14-23(27)15-13-21/h6-9,12-15,20,24H,3-5,10-11,16-18H2,1-2H3,(H,28,31)/t20-/m1/s1. The lowest BCUT2D eigenvalue weighted by Gasteiger charge is -2.31. The van der Waals surface area contributed by atoms with E-state index in [4.69, 9.17) is 0 Å². The minimum absolute atomic E-state index is 0.0633. The van der Waals surface area contributed by atoms with Gasteiger partial charge in [-0.3, -0.25) is 9.59 Å². The van der Waals surface area contributed by atoms with E-state index in [0.29, 0.717) is 12.3 Å². The van der Waals surface area contributed by atoms with Crippen molar-refractivity contribution in [3.05, 3.63) is 71.0 Å². The van der Waals surface area contributed by atoms with Crippen LogP contribution >= 0.6 is 11.8 Å². The number of amides is 2. The molecule has 3 rings (SSSR count). The lowest BCUT2D eigenvalue weighted by molar-refractivity contribution is -0.139. The van der Waals surface area contributed by atoms with Crippen LogP contribution in [0.2, 0.25) is 0 Å². The number of carbonyl (C=O) groups excluding carboxylic acids is 2. The molecule has 6 heteroatoms. The second-order valence-electron chi connectivity index (χ2n) is 8.59. The zero-order valence-electron chi connectivity index (χ0n) is 19.0. The van der Waals surface area contributed by atoms with E-state index in [1.54, 1.807) is 17.0 Å². The number of nitrogens with zero attached hydrogens (tertiary/aromatic N) is 1. The first-order chi connectivity index (χ1) is 15.4. The zero-order valence-corrected chi connectivity index (χ0v) is 19.8. The van der Waals surface area contributed by atoms with Crippen LogP contribution in [0.5, 0.6) is 0 Å². The molecule has 1 atom stereocenters. The molecule has 2 aromatic carbocycles. The van der Waals surface area contributed by atoms with E-state index in [9.17, 15) is 14.0 Å². The van der Waals surface area contributed by atoms with Crippen molar-refractivity contribution in [2.45, 2.75) is 70.3 Å². The van der Waals surface area contributed by atoms with Crippen molar-refractivity contribution in [2.24, 2.45) is 0 Å². The van der Waals surface area contributed by atoms with Crippen molar-refractivity contribution in [3.63, 3.8) is 0 Å². The van der Waals surface area contributed by atoms with Gasteiger partial charge in [0.1, 0.15) is 11.9 Å². The van der Waals surface area contributed by atoms with Crippen LogP contribution in [0.25, 0.3) is 0 Å². The molecule has 0 aromatic heterocycles. The average molecular weight is 457 g/mol. The summed E-state index contributed by atoms with van der Waals surface area (Å²) in [5.41, 5.74) is 3.11. The Morgan fingerprint density at radius 1 is 1.09 bits per heavy atom. The number of rotatable bonds is 9. The second kappa shape index (κ2) is 12.0. The summed E-state index contributed by atoms with van der Waals surface area (Å²) in [6.45, 7) is 4.24. The summed E-state index contributed by atoms with van der Waals surface area (Å²) in [5.74, 6) is 0.475. The number of carbonyl (C=O) groups is 2. The highest BCUT2D eigenvalue weighted by Crippen LogP contribution is 2.20. The van der Waals surface area contributed by atoms with Crippen LogP contribution in [0.4, 0.5) is 4.39 Å². The van der Waals surface area contributed by atoms with Crippen molar-refractivity contribution >= 4 is 23.6 Å². The SMILES string of the molecule is Cc1ccccc1CN(C(=O)CSCc1ccc(F)cc1)[C@H](C)C(=O)NC1CCCCC1. The number of aryl methyl sites for hydroxylation is 1. The van der Waals surface area contributed by atoms with E-state index < -0.39 is 6.04 Å². The molecule has 0 radical (unpaired) electrons. The lowest BCUT2D eigenvalue weighted by Crippen LogP contribution is -2.50. The molecule has 1 saturated carbocycles. The Labute approximate surface area is 195 Å². The first-order valence-electron chi connectivity index (χ1n) is 11.4. The highest BCUT2D eigenvalue weighted by molar-refractivity contribution is 7.99. The Morgan fingerprint density at radius 3 is 2.47 bits per heavy atom. The number of halogens is 1. The average Bonchev–Trinajstić information content (AvgIpc) is 2.80. The molecule has 1 aliphatic carbocycles. The van der Waals surface area contributed by atoms with Gasteiger partial charge in [0, 0.05) is 18.3 Å². The summed E-state index contributed by atoms with van der Waals surface area (Å²) in [5, 5.41) is 3.17. The Kier molecular flexibility index (Phi) is 9.15. The predicted molar refractivity (Wildman–Crippen MR) is 129 cm³/mol. The molecule has 2 amide bonds. The fraction of sp³-hybridized carbons (Fsp3) is 0.462. The van der Waals surface area contributed by atoms with Gasteiger partial charge in [-0.25, -0.2) is 4.39 Å². The molecule has 1 fully saturated rings. The Bertz CT molecular complexity index is 897. The van der Waals surface area contributed by atoms with Crippen molar-refractivity contribution < 1.29 is 14.0 Å². The van der Waals surface area contributed by atoms with E-state index >= 15 is 0 Å². The molecule has 1 N–H and O–H groups in total. The normalized spacial score (nSPS) is 15.2. The van der Waals surface area contributed by atoms with Gasteiger partial charge in [-0.15, -0.1) is 11.8 Å². The molecule has 0 spiro atoms. The molecular formula is C26H33FN2O2S. The van der Waals surface area contributed by atoms with Crippen molar-refractivity contribution in [2.75, 3.05) is 5.75 Å². The summed E-state index contributed by atoms with van der Waals surface area (Å²) in [6.07, 6.45) is 5.54. The van der Waals surface area contributed by atoms with Crippen molar-refractivity contribution in [1.29, 1.82) is 0 Å². The highest BCUT2D eigenvalue weighted by atomic mass is 32.2. The van der Waals surface area contributed by atoms with Gasteiger partial charge in [-0.2, -0.15) is 0 Å². The highest BCUT2D eigenvalue weighted by Gasteiger charge is 2.28. The van der Waals surface area contributed by atoms with E-state index in [1.807, 2.05) is 38.1 Å². The summed E-state index contributed by atoms with van der Waals surface area (Å²) in [7, 11) is 0. The van der Waals surface area contributed by atoms with E-state index in [0.717, 1.165) is 42.4 Å². The zero-order chi connectivity index (χ0) is 22.9. The van der Waals surface area contributed by atoms with E-state index in [2.05, 4.69) is 5.32 Å². The van der Waals surface area contributed by atoms with Gasteiger partial charge in [0.05, 0.1) is 5.75 Å². The lowest BCUT2D eigenvalue weighted by atomic mass is 9.95. The molecule has 2 aromatic rings. The molecule has 0 bridgehead atoms. The molecule has 0 unspecified atom stereocenters. The molecule has 172 valence electrons. The maximum Gasteiger partial charge on any atom is 0.242 e. The molecule has 0 aliphatic heterocycles. The third-order valence-corrected chi connectivity index (χ3v) is 7.12. The van der Waals surface area contributed by atoms with Crippen molar-refractivity contribution in [1.82, 2.24) is 10.2 Å². The number of hydrogen-bond donors (Lipinski definition) is 1. The minimum atomic E-state index is -0.546. The van der Waals surface area contributed by atoms with Gasteiger partial charge in [0.2, 0.25) is 11.8 Å². The van der Waals surface area contributed by atoms with E-state index in [-0.39, 0.29) is 29.4 Å². The summed E-state index contributed by atoms with van der Waals surface area (Å²) < 4.78 is 13.1. The molecule has 32 heavy (non-hydrogen) atoms. The fourth-order valence-electron chi connectivity index (χ4n) is 4.04. The van der Waals surface area contributed by atoms with Crippen LogP contribution in [0.1, 0.15) is 55.7 Å². The van der Waals surface area contributed by atoms with Crippen LogP contribution in [-0.4, -0.2) is 34.6 Å². The number of hydrogen-bond acceptors (Lipinski definition) is 3. The number of thioether (sulfide) groups is 1. The Hall–Kier alpha value is -2.34. The second-order valence-corrected chi connectivity index (χ2v) is 9.57. The van der Waals surface area contributed by atoms with Crippen molar-refractivity contribution in [3.8, 4) is 0 Å². The van der Waals surface area contributed by atoms with Gasteiger partial charge in [-0.1, -0.05) is 55.7 Å². The quantitative estimate of drug-likeness (QED) is 0.562. The predicted octanol–water partition coefficient (Wildman–Crippen LogP) is 5.23. The summed E-state index contributed by atoms with van der Waals surface area (Å²) in [4.78, 5) is 27.9.